The van der Waals surface area contributed by atoms with Gasteiger partial charge < -0.3 is 9.80 Å². The van der Waals surface area contributed by atoms with Gasteiger partial charge in [0.2, 0.25) is 10.0 Å². The Morgan fingerprint density at radius 1 is 1.08 bits per heavy atom. The van der Waals surface area contributed by atoms with Gasteiger partial charge in [0.25, 0.3) is 0 Å². The van der Waals surface area contributed by atoms with E-state index in [-0.39, 0.29) is 0 Å². The molecule has 1 fully saturated rings. The Hall–Kier alpha value is -1.99. The van der Waals surface area contributed by atoms with Crippen molar-refractivity contribution in [2.75, 3.05) is 47.0 Å². The van der Waals surface area contributed by atoms with Crippen LogP contribution in [0.15, 0.2) is 42.6 Å². The second kappa shape index (κ2) is 6.86. The van der Waals surface area contributed by atoms with E-state index >= 15 is 0 Å². The van der Waals surface area contributed by atoms with E-state index in [0.717, 1.165) is 49.0 Å². The van der Waals surface area contributed by atoms with Crippen LogP contribution in [0.1, 0.15) is 0 Å². The molecule has 3 rings (SSSR count). The molecule has 1 aromatic carbocycles. The first-order valence-corrected chi connectivity index (χ1v) is 9.87. The third-order valence-corrected chi connectivity index (χ3v) is 4.67. The predicted molar refractivity (Wildman–Crippen MR) is 98.6 cm³/mol. The predicted octanol–water partition coefficient (Wildman–Crippen LogP) is 2.43. The maximum absolute atomic E-state index is 11.2. The Labute approximate surface area is 147 Å². The lowest BCUT2D eigenvalue weighted by Crippen LogP contribution is -2.46. The lowest BCUT2D eigenvalue weighted by Gasteiger charge is -2.36. The van der Waals surface area contributed by atoms with E-state index < -0.39 is 10.0 Å². The van der Waals surface area contributed by atoms with E-state index in [1.807, 2.05) is 24.3 Å². The van der Waals surface area contributed by atoms with Gasteiger partial charge in [-0.2, -0.15) is 0 Å². The fraction of sp³-hybridized carbons (Fsp3) is 0.312. The molecule has 2 heterocycles. The van der Waals surface area contributed by atoms with Gasteiger partial charge in [-0.1, -0.05) is 17.7 Å². The topological polar surface area (TPSA) is 65.5 Å². The average molecular weight is 367 g/mol. The second-order valence-corrected chi connectivity index (χ2v) is 7.92. The summed E-state index contributed by atoms with van der Waals surface area (Å²) in [6, 6.07) is 11.4. The first-order chi connectivity index (χ1) is 11.4. The number of anilines is 3. The van der Waals surface area contributed by atoms with E-state index in [2.05, 4.69) is 25.6 Å². The van der Waals surface area contributed by atoms with E-state index in [1.165, 1.54) is 0 Å². The standard InChI is InChI=1S/C16H19ClN4O2S/c1-24(22,23)19-14-5-6-16(18-12-14)21-9-7-20(8-10-21)15-4-2-3-13(17)11-15/h2-6,11-12,19H,7-10H2,1H3. The van der Waals surface area contributed by atoms with Crippen molar-refractivity contribution in [1.29, 1.82) is 0 Å². The highest BCUT2D eigenvalue weighted by Gasteiger charge is 2.18. The first-order valence-electron chi connectivity index (χ1n) is 7.60. The molecule has 1 aliphatic heterocycles. The smallest absolute Gasteiger partial charge is 0.229 e. The molecule has 0 aliphatic carbocycles. The summed E-state index contributed by atoms with van der Waals surface area (Å²) >= 11 is 6.05. The highest BCUT2D eigenvalue weighted by atomic mass is 35.5. The van der Waals surface area contributed by atoms with Crippen LogP contribution in [0.4, 0.5) is 17.2 Å². The van der Waals surface area contributed by atoms with Crippen molar-refractivity contribution >= 4 is 38.8 Å². The zero-order chi connectivity index (χ0) is 17.2. The summed E-state index contributed by atoms with van der Waals surface area (Å²) in [4.78, 5) is 8.84. The molecular formula is C16H19ClN4O2S. The van der Waals surface area contributed by atoms with Crippen molar-refractivity contribution in [3.05, 3.63) is 47.6 Å². The Bertz CT molecular complexity index is 803. The van der Waals surface area contributed by atoms with Crippen molar-refractivity contribution in [1.82, 2.24) is 4.98 Å². The fourth-order valence-corrected chi connectivity index (χ4v) is 3.45. The number of sulfonamides is 1. The molecule has 0 bridgehead atoms. The highest BCUT2D eigenvalue weighted by Crippen LogP contribution is 2.22. The number of benzene rings is 1. The second-order valence-electron chi connectivity index (χ2n) is 5.73. The molecule has 0 spiro atoms. The summed E-state index contributed by atoms with van der Waals surface area (Å²) in [5, 5.41) is 0.741. The van der Waals surface area contributed by atoms with Crippen LogP contribution in [0.25, 0.3) is 0 Å². The van der Waals surface area contributed by atoms with Gasteiger partial charge in [0.15, 0.2) is 0 Å². The molecule has 0 unspecified atom stereocenters. The summed E-state index contributed by atoms with van der Waals surface area (Å²) in [6.07, 6.45) is 2.66. The van der Waals surface area contributed by atoms with E-state index in [9.17, 15) is 8.42 Å². The maximum Gasteiger partial charge on any atom is 0.229 e. The van der Waals surface area contributed by atoms with Crippen molar-refractivity contribution in [3.8, 4) is 0 Å². The molecule has 24 heavy (non-hydrogen) atoms. The molecular weight excluding hydrogens is 348 g/mol. The Balaban J connectivity index is 1.62. The normalized spacial score (nSPS) is 15.4. The van der Waals surface area contributed by atoms with Crippen LogP contribution in [0, 0.1) is 0 Å². The van der Waals surface area contributed by atoms with Gasteiger partial charge in [-0.3, -0.25) is 4.72 Å². The number of halogens is 1. The summed E-state index contributed by atoms with van der Waals surface area (Å²) < 4.78 is 24.9. The van der Waals surface area contributed by atoms with Gasteiger partial charge in [-0.25, -0.2) is 13.4 Å². The molecule has 1 aromatic heterocycles. The van der Waals surface area contributed by atoms with Gasteiger partial charge in [0.05, 0.1) is 18.1 Å². The third kappa shape index (κ3) is 4.30. The number of piperazine rings is 1. The minimum absolute atomic E-state index is 0.471. The largest absolute Gasteiger partial charge is 0.368 e. The van der Waals surface area contributed by atoms with Gasteiger partial charge in [0.1, 0.15) is 5.82 Å². The quantitative estimate of drug-likeness (QED) is 0.900. The molecule has 1 N–H and O–H groups in total. The zero-order valence-electron chi connectivity index (χ0n) is 13.3. The van der Waals surface area contributed by atoms with Crippen molar-refractivity contribution < 1.29 is 8.42 Å². The zero-order valence-corrected chi connectivity index (χ0v) is 14.9. The van der Waals surface area contributed by atoms with Gasteiger partial charge in [0, 0.05) is 36.9 Å². The van der Waals surface area contributed by atoms with Crippen molar-refractivity contribution in [2.24, 2.45) is 0 Å². The van der Waals surface area contributed by atoms with Crippen LogP contribution in [-0.2, 0) is 10.0 Å². The molecule has 1 aliphatic rings. The molecule has 8 heteroatoms. The monoisotopic (exact) mass is 366 g/mol. The van der Waals surface area contributed by atoms with E-state index in [1.54, 1.807) is 12.3 Å². The number of nitrogens with zero attached hydrogens (tertiary/aromatic N) is 3. The number of rotatable bonds is 4. The van der Waals surface area contributed by atoms with Crippen LogP contribution >= 0.6 is 11.6 Å². The Kier molecular flexibility index (Phi) is 4.82. The number of hydrogen-bond acceptors (Lipinski definition) is 5. The molecule has 0 atom stereocenters. The SMILES string of the molecule is CS(=O)(=O)Nc1ccc(N2CCN(c3cccc(Cl)c3)CC2)nc1. The Morgan fingerprint density at radius 3 is 2.38 bits per heavy atom. The van der Waals surface area contributed by atoms with Crippen LogP contribution in [0.5, 0.6) is 0 Å². The molecule has 1 saturated heterocycles. The highest BCUT2D eigenvalue weighted by molar-refractivity contribution is 7.92. The van der Waals surface area contributed by atoms with Crippen LogP contribution in [-0.4, -0.2) is 45.8 Å². The Morgan fingerprint density at radius 2 is 1.79 bits per heavy atom. The summed E-state index contributed by atoms with van der Waals surface area (Å²) in [7, 11) is -3.28. The average Bonchev–Trinajstić information content (AvgIpc) is 2.54. The first kappa shape index (κ1) is 16.9. The summed E-state index contributed by atoms with van der Waals surface area (Å²) in [5.74, 6) is 0.847. The van der Waals surface area contributed by atoms with Crippen molar-refractivity contribution in [2.45, 2.75) is 0 Å². The van der Waals surface area contributed by atoms with E-state index in [0.29, 0.717) is 5.69 Å². The van der Waals surface area contributed by atoms with Gasteiger partial charge in [-0.15, -0.1) is 0 Å². The molecule has 0 amide bonds. The number of aromatic nitrogens is 1. The minimum Gasteiger partial charge on any atom is -0.368 e. The third-order valence-electron chi connectivity index (χ3n) is 3.83. The molecule has 0 radical (unpaired) electrons. The lowest BCUT2D eigenvalue weighted by molar-refractivity contribution is 0.607. The fourth-order valence-electron chi connectivity index (χ4n) is 2.71. The van der Waals surface area contributed by atoms with Crippen LogP contribution in [0.3, 0.4) is 0 Å². The lowest BCUT2D eigenvalue weighted by atomic mass is 10.2. The van der Waals surface area contributed by atoms with Gasteiger partial charge >= 0.3 is 0 Å². The number of hydrogen-bond donors (Lipinski definition) is 1. The molecule has 128 valence electrons. The summed E-state index contributed by atoms with van der Waals surface area (Å²) in [5.41, 5.74) is 1.60. The number of pyridine rings is 1. The van der Waals surface area contributed by atoms with Crippen LogP contribution < -0.4 is 14.5 Å². The minimum atomic E-state index is -3.28. The number of nitrogens with one attached hydrogen (secondary N) is 1. The molecule has 2 aromatic rings. The van der Waals surface area contributed by atoms with Crippen LogP contribution in [0.2, 0.25) is 5.02 Å². The van der Waals surface area contributed by atoms with E-state index in [4.69, 9.17) is 11.6 Å². The molecule has 0 saturated carbocycles. The molecule has 6 nitrogen and oxygen atoms in total. The maximum atomic E-state index is 11.2. The van der Waals surface area contributed by atoms with Crippen molar-refractivity contribution in [3.63, 3.8) is 0 Å². The summed E-state index contributed by atoms with van der Waals surface area (Å²) in [6.45, 7) is 3.45. The van der Waals surface area contributed by atoms with Gasteiger partial charge in [-0.05, 0) is 30.3 Å².